The fourth-order valence-corrected chi connectivity index (χ4v) is 3.50. The van der Waals surface area contributed by atoms with Crippen molar-refractivity contribution in [3.63, 3.8) is 0 Å². The molecule has 3 heterocycles. The highest BCUT2D eigenvalue weighted by molar-refractivity contribution is 6.28. The molecule has 130 valence electrons. The third-order valence-electron chi connectivity index (χ3n) is 4.31. The van der Waals surface area contributed by atoms with Crippen LogP contribution in [-0.4, -0.2) is 19.9 Å². The van der Waals surface area contributed by atoms with E-state index in [-0.39, 0.29) is 22.9 Å². The monoisotopic (exact) mass is 367 g/mol. The second-order valence-electron chi connectivity index (χ2n) is 6.15. The average Bonchev–Trinajstić information content (AvgIpc) is 2.58. The molecule has 0 aliphatic carbocycles. The Balaban J connectivity index is 2.08. The molecule has 0 radical (unpaired) electrons. The minimum Gasteiger partial charge on any atom is -0.420 e. The Labute approximate surface area is 154 Å². The summed E-state index contributed by atoms with van der Waals surface area (Å²) in [6, 6.07) is 7.96. The first-order valence-electron chi connectivity index (χ1n) is 7.98. The van der Waals surface area contributed by atoms with Crippen molar-refractivity contribution in [1.29, 1.82) is 0 Å². The first kappa shape index (κ1) is 16.5. The summed E-state index contributed by atoms with van der Waals surface area (Å²) in [5.41, 5.74) is 3.93. The molecule has 8 heteroatoms. The third kappa shape index (κ3) is 2.61. The first-order valence-corrected chi connectivity index (χ1v) is 8.36. The van der Waals surface area contributed by atoms with E-state index in [4.69, 9.17) is 16.3 Å². The summed E-state index contributed by atoms with van der Waals surface area (Å²) in [7, 11) is 0. The van der Waals surface area contributed by atoms with Crippen molar-refractivity contribution < 1.29 is 4.74 Å². The van der Waals surface area contributed by atoms with Gasteiger partial charge in [0.15, 0.2) is 0 Å². The van der Waals surface area contributed by atoms with Gasteiger partial charge in [-0.1, -0.05) is 29.8 Å². The molecule has 7 nitrogen and oxygen atoms in total. The molecule has 1 atom stereocenters. The van der Waals surface area contributed by atoms with Gasteiger partial charge in [0.1, 0.15) is 5.82 Å². The minimum atomic E-state index is -0.376. The summed E-state index contributed by atoms with van der Waals surface area (Å²) < 4.78 is 5.86. The number of aromatic nitrogens is 4. The van der Waals surface area contributed by atoms with E-state index in [0.717, 1.165) is 16.7 Å². The van der Waals surface area contributed by atoms with Crippen LogP contribution in [0.2, 0.25) is 5.28 Å². The lowest BCUT2D eigenvalue weighted by Crippen LogP contribution is -2.17. The lowest BCUT2D eigenvalue weighted by atomic mass is 9.83. The summed E-state index contributed by atoms with van der Waals surface area (Å²) in [6.45, 7) is 5.50. The maximum absolute atomic E-state index is 11.5. The van der Waals surface area contributed by atoms with Gasteiger partial charge in [-0.2, -0.15) is 9.97 Å². The number of hydrogen-bond donors (Lipinski definition) is 0. The Morgan fingerprint density at radius 2 is 1.81 bits per heavy atom. The number of aryl methyl sites for hydroxylation is 3. The summed E-state index contributed by atoms with van der Waals surface area (Å²) in [5.74, 6) is 0.664. The zero-order valence-electron chi connectivity index (χ0n) is 14.3. The molecule has 0 saturated heterocycles. The first-order chi connectivity index (χ1) is 12.5. The van der Waals surface area contributed by atoms with Crippen molar-refractivity contribution in [3.05, 3.63) is 68.2 Å². The number of ether oxygens (including phenoxy) is 1. The normalized spacial score (nSPS) is 15.0. The lowest BCUT2D eigenvalue weighted by Gasteiger charge is -2.28. The van der Waals surface area contributed by atoms with Crippen LogP contribution >= 0.6 is 11.6 Å². The predicted molar refractivity (Wildman–Crippen MR) is 96.2 cm³/mol. The van der Waals surface area contributed by atoms with E-state index < -0.39 is 0 Å². The summed E-state index contributed by atoms with van der Waals surface area (Å²) in [4.78, 5) is 28.5. The van der Waals surface area contributed by atoms with Crippen LogP contribution in [-0.2, 0) is 0 Å². The third-order valence-corrected chi connectivity index (χ3v) is 4.48. The van der Waals surface area contributed by atoms with Crippen LogP contribution in [0.15, 0.2) is 29.4 Å². The molecule has 0 N–H and O–H groups in total. The number of fused-ring (bicyclic) bond motifs is 2. The second kappa shape index (κ2) is 6.10. The maximum atomic E-state index is 11.5. The number of benzene rings is 1. The van der Waals surface area contributed by atoms with Crippen molar-refractivity contribution in [2.75, 3.05) is 0 Å². The molecular weight excluding hydrogens is 354 g/mol. The molecule has 3 aromatic rings. The Morgan fingerprint density at radius 1 is 1.04 bits per heavy atom. The van der Waals surface area contributed by atoms with Crippen molar-refractivity contribution >= 4 is 17.4 Å². The number of nitroso groups, excluding NO2 is 1. The summed E-state index contributed by atoms with van der Waals surface area (Å²) >= 11 is 6.01. The average molecular weight is 368 g/mol. The van der Waals surface area contributed by atoms with Gasteiger partial charge in [-0.3, -0.25) is 0 Å². The molecule has 0 saturated carbocycles. The van der Waals surface area contributed by atoms with Gasteiger partial charge in [0, 0.05) is 5.56 Å². The minimum absolute atomic E-state index is 0.0546. The number of nitrogens with zero attached hydrogens (tertiary/aromatic N) is 5. The zero-order valence-corrected chi connectivity index (χ0v) is 15.1. The van der Waals surface area contributed by atoms with Crippen molar-refractivity contribution in [3.8, 4) is 11.8 Å². The Morgan fingerprint density at radius 3 is 2.54 bits per heavy atom. The van der Waals surface area contributed by atoms with Crippen LogP contribution in [0.3, 0.4) is 0 Å². The van der Waals surface area contributed by atoms with Crippen molar-refractivity contribution in [2.45, 2.75) is 26.7 Å². The van der Waals surface area contributed by atoms with Crippen molar-refractivity contribution in [1.82, 2.24) is 19.9 Å². The van der Waals surface area contributed by atoms with E-state index in [1.54, 1.807) is 6.92 Å². The highest BCUT2D eigenvalue weighted by Gasteiger charge is 2.36. The summed E-state index contributed by atoms with van der Waals surface area (Å²) in [5, 5.41) is 3.21. The summed E-state index contributed by atoms with van der Waals surface area (Å²) in [6.07, 6.45) is 0. The van der Waals surface area contributed by atoms with Crippen LogP contribution in [0.25, 0.3) is 0 Å². The molecular formula is C18H14ClN5O2. The quantitative estimate of drug-likeness (QED) is 0.382. The SMILES string of the molecule is Cc1cccc(C2c3c(C)nc(Cl)nc3Oc3nc(C)nc(N=O)c32)c1. The van der Waals surface area contributed by atoms with Gasteiger partial charge in [0.25, 0.3) is 0 Å². The van der Waals surface area contributed by atoms with Crippen LogP contribution in [0.5, 0.6) is 11.8 Å². The van der Waals surface area contributed by atoms with E-state index in [1.807, 2.05) is 38.1 Å². The Bertz CT molecular complexity index is 1050. The highest BCUT2D eigenvalue weighted by Crippen LogP contribution is 2.49. The number of halogens is 1. The van der Waals surface area contributed by atoms with E-state index in [2.05, 4.69) is 25.1 Å². The zero-order chi connectivity index (χ0) is 18.4. The fourth-order valence-electron chi connectivity index (χ4n) is 3.29. The van der Waals surface area contributed by atoms with Crippen LogP contribution in [0, 0.1) is 25.7 Å². The molecule has 1 aromatic carbocycles. The standard InChI is InChI=1S/C18H14ClN5O2/c1-8-5-4-6-11(7-8)13-12-9(2)20-18(19)23-16(12)26-17-14(13)15(24-25)21-10(3)22-17/h4-7,13H,1-3H3. The Hall–Kier alpha value is -2.93. The van der Waals surface area contributed by atoms with Gasteiger partial charge in [0.2, 0.25) is 22.9 Å². The molecule has 0 spiro atoms. The molecule has 26 heavy (non-hydrogen) atoms. The molecule has 0 fully saturated rings. The molecule has 1 aliphatic rings. The molecule has 2 aromatic heterocycles. The Kier molecular flexibility index (Phi) is 3.88. The molecule has 0 bridgehead atoms. The molecule has 1 aliphatic heterocycles. The number of rotatable bonds is 2. The van der Waals surface area contributed by atoms with E-state index in [0.29, 0.717) is 23.0 Å². The van der Waals surface area contributed by atoms with Gasteiger partial charge in [-0.15, -0.1) is 4.91 Å². The molecule has 4 rings (SSSR count). The van der Waals surface area contributed by atoms with Crippen LogP contribution in [0.4, 0.5) is 5.82 Å². The van der Waals surface area contributed by atoms with Gasteiger partial charge < -0.3 is 4.74 Å². The van der Waals surface area contributed by atoms with Gasteiger partial charge in [-0.05, 0) is 43.1 Å². The van der Waals surface area contributed by atoms with E-state index in [9.17, 15) is 4.91 Å². The van der Waals surface area contributed by atoms with Crippen LogP contribution in [0.1, 0.15) is 39.7 Å². The highest BCUT2D eigenvalue weighted by atomic mass is 35.5. The van der Waals surface area contributed by atoms with Crippen LogP contribution < -0.4 is 4.74 Å². The van der Waals surface area contributed by atoms with Crippen molar-refractivity contribution in [2.24, 2.45) is 5.18 Å². The topological polar surface area (TPSA) is 90.2 Å². The lowest BCUT2D eigenvalue weighted by molar-refractivity contribution is 0.410. The molecule has 1 unspecified atom stereocenters. The molecule has 0 amide bonds. The number of hydrogen-bond acceptors (Lipinski definition) is 7. The van der Waals surface area contributed by atoms with Gasteiger partial charge in [0.05, 0.1) is 17.2 Å². The predicted octanol–water partition coefficient (Wildman–Crippen LogP) is 4.53. The second-order valence-corrected chi connectivity index (χ2v) is 6.49. The van der Waals surface area contributed by atoms with E-state index >= 15 is 0 Å². The maximum Gasteiger partial charge on any atom is 0.231 e. The fraction of sp³-hybridized carbons (Fsp3) is 0.222. The smallest absolute Gasteiger partial charge is 0.231 e. The largest absolute Gasteiger partial charge is 0.420 e. The van der Waals surface area contributed by atoms with E-state index in [1.165, 1.54) is 0 Å². The van der Waals surface area contributed by atoms with Gasteiger partial charge >= 0.3 is 0 Å². The van der Waals surface area contributed by atoms with Gasteiger partial charge in [-0.25, -0.2) is 9.97 Å².